The summed E-state index contributed by atoms with van der Waals surface area (Å²) in [6.07, 6.45) is 6.40. The van der Waals surface area contributed by atoms with Gasteiger partial charge in [-0.2, -0.15) is 0 Å². The van der Waals surface area contributed by atoms with Crippen molar-refractivity contribution in [2.75, 3.05) is 4.90 Å². The number of aryl methyl sites for hydroxylation is 1. The van der Waals surface area contributed by atoms with Crippen LogP contribution in [0.3, 0.4) is 0 Å². The molecule has 0 saturated heterocycles. The summed E-state index contributed by atoms with van der Waals surface area (Å²) in [5, 5.41) is 6.37. The van der Waals surface area contributed by atoms with Crippen molar-refractivity contribution in [2.24, 2.45) is 0 Å². The molecule has 1 aliphatic rings. The van der Waals surface area contributed by atoms with Crippen molar-refractivity contribution >= 4 is 76.4 Å². The lowest BCUT2D eigenvalue weighted by Gasteiger charge is -2.27. The zero-order valence-corrected chi connectivity index (χ0v) is 30.9. The number of thiophene rings is 1. The summed E-state index contributed by atoms with van der Waals surface area (Å²) in [6.45, 7) is 0. The number of hydrogen-bond acceptors (Lipinski definition) is 3. The van der Waals surface area contributed by atoms with E-state index in [1.807, 2.05) is 11.3 Å². The highest BCUT2D eigenvalue weighted by Gasteiger charge is 2.20. The van der Waals surface area contributed by atoms with Crippen LogP contribution < -0.4 is 4.90 Å². The molecule has 10 aromatic rings. The first-order valence-electron chi connectivity index (χ1n) is 19.0. The van der Waals surface area contributed by atoms with Crippen molar-refractivity contribution in [3.63, 3.8) is 0 Å². The Morgan fingerprint density at radius 3 is 2.07 bits per heavy atom. The minimum Gasteiger partial charge on any atom is -0.456 e. The normalized spacial score (nSPS) is 12.5. The molecule has 260 valence electrons. The van der Waals surface area contributed by atoms with E-state index < -0.39 is 0 Å². The van der Waals surface area contributed by atoms with E-state index in [0.717, 1.165) is 41.2 Å². The average molecular weight is 722 g/mol. The molecule has 0 fully saturated rings. The van der Waals surface area contributed by atoms with Gasteiger partial charge in [-0.25, -0.2) is 0 Å². The average Bonchev–Trinajstić information content (AvgIpc) is 3.84. The number of allylic oxidation sites excluding steroid dienone is 1. The molecule has 11 rings (SSSR count). The van der Waals surface area contributed by atoms with Crippen molar-refractivity contribution in [3.8, 4) is 33.4 Å². The minimum absolute atomic E-state index is 0.963. The highest BCUT2D eigenvalue weighted by atomic mass is 32.1. The number of nitrogens with zero attached hydrogens (tertiary/aromatic N) is 1. The lowest BCUT2D eigenvalue weighted by molar-refractivity contribution is 0.595. The molecule has 2 nitrogen and oxygen atoms in total. The van der Waals surface area contributed by atoms with Crippen molar-refractivity contribution in [2.45, 2.75) is 12.8 Å². The minimum atomic E-state index is 0.963. The summed E-state index contributed by atoms with van der Waals surface area (Å²) < 4.78 is 8.99. The molecule has 0 N–H and O–H groups in total. The second kappa shape index (κ2) is 13.0. The SMILES string of the molecule is C1=Cc2oc3ccc4ccc(-c5ccc(N(c6ccccc6)c6ccc(-c7cccc8c7sc7ccccc78)cc6)cc5-c5ccccc5)cc4c3c2CC1. The first kappa shape index (κ1) is 31.8. The number of para-hydroxylation sites is 1. The smallest absolute Gasteiger partial charge is 0.135 e. The molecule has 3 heteroatoms. The Hall–Kier alpha value is -6.68. The van der Waals surface area contributed by atoms with E-state index in [4.69, 9.17) is 4.42 Å². The summed E-state index contributed by atoms with van der Waals surface area (Å²) in [7, 11) is 0. The van der Waals surface area contributed by atoms with Crippen molar-refractivity contribution < 1.29 is 4.42 Å². The summed E-state index contributed by atoms with van der Waals surface area (Å²) in [6, 6.07) is 64.1. The first-order chi connectivity index (χ1) is 27.3. The summed E-state index contributed by atoms with van der Waals surface area (Å²) in [5.41, 5.74) is 12.9. The van der Waals surface area contributed by atoms with Crippen LogP contribution in [0, 0.1) is 0 Å². The van der Waals surface area contributed by atoms with Gasteiger partial charge in [0.2, 0.25) is 0 Å². The Kier molecular flexibility index (Phi) is 7.53. The van der Waals surface area contributed by atoms with Gasteiger partial charge in [0.05, 0.1) is 0 Å². The predicted molar refractivity (Wildman–Crippen MR) is 235 cm³/mol. The van der Waals surface area contributed by atoms with Gasteiger partial charge in [-0.1, -0.05) is 127 Å². The largest absolute Gasteiger partial charge is 0.456 e. The highest BCUT2D eigenvalue weighted by Crippen LogP contribution is 2.44. The van der Waals surface area contributed by atoms with Crippen LogP contribution >= 0.6 is 11.3 Å². The van der Waals surface area contributed by atoms with Crippen molar-refractivity contribution in [1.82, 2.24) is 0 Å². The quantitative estimate of drug-likeness (QED) is 0.170. The van der Waals surface area contributed by atoms with Crippen LogP contribution in [0.25, 0.3) is 81.4 Å². The molecule has 0 aliphatic heterocycles. The maximum Gasteiger partial charge on any atom is 0.135 e. The van der Waals surface area contributed by atoms with Gasteiger partial charge in [-0.15, -0.1) is 11.3 Å². The summed E-state index contributed by atoms with van der Waals surface area (Å²) in [4.78, 5) is 2.37. The Balaban J connectivity index is 1.05. The number of anilines is 3. The number of rotatable bonds is 6. The van der Waals surface area contributed by atoms with Crippen LogP contribution in [-0.4, -0.2) is 0 Å². The van der Waals surface area contributed by atoms with Gasteiger partial charge in [0.15, 0.2) is 0 Å². The van der Waals surface area contributed by atoms with E-state index in [-0.39, 0.29) is 0 Å². The van der Waals surface area contributed by atoms with Gasteiger partial charge in [0, 0.05) is 48.2 Å². The second-order valence-electron chi connectivity index (χ2n) is 14.4. The third-order valence-corrected chi connectivity index (χ3v) is 12.4. The van der Waals surface area contributed by atoms with Gasteiger partial charge in [-0.05, 0) is 118 Å². The van der Waals surface area contributed by atoms with Crippen LogP contribution in [0.2, 0.25) is 0 Å². The van der Waals surface area contributed by atoms with E-state index >= 15 is 0 Å². The molecule has 2 aromatic heterocycles. The molecule has 0 saturated carbocycles. The van der Waals surface area contributed by atoms with Crippen LogP contribution in [0.4, 0.5) is 17.1 Å². The van der Waals surface area contributed by atoms with Gasteiger partial charge < -0.3 is 9.32 Å². The second-order valence-corrected chi connectivity index (χ2v) is 15.4. The van der Waals surface area contributed by atoms with Crippen LogP contribution in [0.1, 0.15) is 17.7 Å². The van der Waals surface area contributed by atoms with E-state index in [1.165, 1.54) is 75.3 Å². The fourth-order valence-corrected chi connectivity index (χ4v) is 9.77. The van der Waals surface area contributed by atoms with Crippen molar-refractivity contribution in [3.05, 3.63) is 193 Å². The van der Waals surface area contributed by atoms with E-state index in [2.05, 4.69) is 193 Å². The third kappa shape index (κ3) is 5.39. The lowest BCUT2D eigenvalue weighted by atomic mass is 9.91. The standard InChI is InChI=1S/C52H35NOS/c1-3-12-34(13-4-1)46-33-40(29-30-41(46)37-23-22-36-26-31-49-51(47(36)32-37)45-17-7-9-20-48(45)54-49)53(38-14-5-2-6-15-38)39-27-24-35(25-28-39)42-18-11-19-44-43-16-8-10-21-50(43)55-52(42)44/h1-6,8-16,18-33H,7,17H2. The Bertz CT molecular complexity index is 3080. The zero-order chi connectivity index (χ0) is 36.3. The molecule has 0 bridgehead atoms. The molecule has 2 heterocycles. The molecule has 0 unspecified atom stereocenters. The molecular weight excluding hydrogens is 687 g/mol. The van der Waals surface area contributed by atoms with E-state index in [9.17, 15) is 0 Å². The molecule has 1 aliphatic carbocycles. The number of benzene rings is 8. The third-order valence-electron chi connectivity index (χ3n) is 11.1. The van der Waals surface area contributed by atoms with E-state index in [0.29, 0.717) is 0 Å². The fraction of sp³-hybridized carbons (Fsp3) is 0.0385. The molecule has 0 atom stereocenters. The molecule has 0 spiro atoms. The monoisotopic (exact) mass is 721 g/mol. The number of furan rings is 1. The summed E-state index contributed by atoms with van der Waals surface area (Å²) in [5.74, 6) is 1.000. The van der Waals surface area contributed by atoms with Crippen LogP contribution in [0.15, 0.2) is 186 Å². The van der Waals surface area contributed by atoms with Crippen molar-refractivity contribution in [1.29, 1.82) is 0 Å². The molecular formula is C52H35NOS. The molecule has 55 heavy (non-hydrogen) atoms. The maximum atomic E-state index is 6.34. The fourth-order valence-electron chi connectivity index (χ4n) is 8.54. The molecule has 0 radical (unpaired) electrons. The van der Waals surface area contributed by atoms with E-state index in [1.54, 1.807) is 0 Å². The highest BCUT2D eigenvalue weighted by molar-refractivity contribution is 7.26. The lowest BCUT2D eigenvalue weighted by Crippen LogP contribution is -2.10. The number of hydrogen-bond donors (Lipinski definition) is 0. The van der Waals surface area contributed by atoms with Crippen LogP contribution in [-0.2, 0) is 6.42 Å². The Labute approximate surface area is 323 Å². The topological polar surface area (TPSA) is 16.4 Å². The Morgan fingerprint density at radius 2 is 1.20 bits per heavy atom. The van der Waals surface area contributed by atoms with Gasteiger partial charge >= 0.3 is 0 Å². The Morgan fingerprint density at radius 1 is 0.491 bits per heavy atom. The summed E-state index contributed by atoms with van der Waals surface area (Å²) >= 11 is 1.88. The van der Waals surface area contributed by atoms with Gasteiger partial charge in [-0.3, -0.25) is 0 Å². The molecule has 8 aromatic carbocycles. The maximum absolute atomic E-state index is 6.34. The van der Waals surface area contributed by atoms with Gasteiger partial charge in [0.25, 0.3) is 0 Å². The van der Waals surface area contributed by atoms with Crippen LogP contribution in [0.5, 0.6) is 0 Å². The predicted octanol–water partition coefficient (Wildman–Crippen LogP) is 15.4. The van der Waals surface area contributed by atoms with Gasteiger partial charge in [0.1, 0.15) is 11.3 Å². The molecule has 0 amide bonds. The first-order valence-corrected chi connectivity index (χ1v) is 19.8. The number of fused-ring (bicyclic) bond motifs is 8. The zero-order valence-electron chi connectivity index (χ0n) is 30.1.